The molecule has 0 spiro atoms. The summed E-state index contributed by atoms with van der Waals surface area (Å²) in [4.78, 5) is 33.1. The van der Waals surface area contributed by atoms with E-state index >= 15 is 0 Å². The Balaban J connectivity index is 1.59. The number of nitrogens with one attached hydrogen (secondary N) is 1. The summed E-state index contributed by atoms with van der Waals surface area (Å²) < 4.78 is 0. The minimum Gasteiger partial charge on any atom is -0.335 e. The molecule has 1 N–H and O–H groups in total. The van der Waals surface area contributed by atoms with Crippen molar-refractivity contribution in [1.82, 2.24) is 25.0 Å². The lowest BCUT2D eigenvalue weighted by atomic mass is 10.2. The van der Waals surface area contributed by atoms with Crippen LogP contribution in [-0.2, 0) is 6.42 Å². The number of carbonyl (C=O) groups excluding carboxylic acids is 2. The summed E-state index contributed by atoms with van der Waals surface area (Å²) >= 11 is 1.61. The molecule has 22 heavy (non-hydrogen) atoms. The summed E-state index contributed by atoms with van der Waals surface area (Å²) in [6.07, 6.45) is 2.26. The molecule has 0 unspecified atom stereocenters. The predicted octanol–water partition coefficient (Wildman–Crippen LogP) is 1.03. The molecule has 3 rings (SSSR count). The highest BCUT2D eigenvalue weighted by molar-refractivity contribution is 7.10. The van der Waals surface area contributed by atoms with Crippen LogP contribution in [0.4, 0.5) is 0 Å². The Morgan fingerprint density at radius 2 is 1.91 bits per heavy atom. The molecule has 8 heteroatoms. The Labute approximate surface area is 132 Å². The highest BCUT2D eigenvalue weighted by Gasteiger charge is 2.26. The summed E-state index contributed by atoms with van der Waals surface area (Å²) in [5, 5.41) is 8.17. The smallest absolute Gasteiger partial charge is 0.291 e. The molecule has 0 bridgehead atoms. The number of hydrogen-bond donors (Lipinski definition) is 1. The summed E-state index contributed by atoms with van der Waals surface area (Å²) in [6, 6.07) is 1.96. The van der Waals surface area contributed by atoms with Crippen LogP contribution >= 0.6 is 11.3 Å². The van der Waals surface area contributed by atoms with Gasteiger partial charge in [-0.2, -0.15) is 5.10 Å². The average molecular weight is 319 g/mol. The van der Waals surface area contributed by atoms with Crippen LogP contribution in [0.25, 0.3) is 0 Å². The van der Waals surface area contributed by atoms with Gasteiger partial charge in [-0.15, -0.1) is 11.3 Å². The predicted molar refractivity (Wildman–Crippen MR) is 81.9 cm³/mol. The number of piperazine rings is 1. The van der Waals surface area contributed by atoms with E-state index in [1.54, 1.807) is 21.1 Å². The highest BCUT2D eigenvalue weighted by atomic mass is 32.1. The van der Waals surface area contributed by atoms with Crippen molar-refractivity contribution in [1.29, 1.82) is 0 Å². The normalized spacial score (nSPS) is 15.1. The summed E-state index contributed by atoms with van der Waals surface area (Å²) in [5.41, 5.74) is 0.747. The number of hydrogen-bond acceptors (Lipinski definition) is 5. The maximum absolute atomic E-state index is 12.4. The lowest BCUT2D eigenvalue weighted by Crippen LogP contribution is -2.50. The Morgan fingerprint density at radius 3 is 2.45 bits per heavy atom. The lowest BCUT2D eigenvalue weighted by Gasteiger charge is -2.34. The van der Waals surface area contributed by atoms with Crippen LogP contribution in [-0.4, -0.2) is 63.0 Å². The van der Waals surface area contributed by atoms with Gasteiger partial charge in [-0.25, -0.2) is 4.98 Å². The molecule has 7 nitrogen and oxygen atoms in total. The third-order valence-corrected chi connectivity index (χ3v) is 4.80. The van der Waals surface area contributed by atoms with Crippen molar-refractivity contribution in [2.75, 3.05) is 26.2 Å². The maximum atomic E-state index is 12.4. The molecular weight excluding hydrogens is 302 g/mol. The van der Waals surface area contributed by atoms with E-state index in [4.69, 9.17) is 0 Å². The van der Waals surface area contributed by atoms with Gasteiger partial charge in [0.05, 0.1) is 5.56 Å². The fraction of sp³-hybridized carbons (Fsp3) is 0.429. The first-order valence-electron chi connectivity index (χ1n) is 7.20. The monoisotopic (exact) mass is 319 g/mol. The zero-order valence-electron chi connectivity index (χ0n) is 12.3. The van der Waals surface area contributed by atoms with Gasteiger partial charge < -0.3 is 9.80 Å². The summed E-state index contributed by atoms with van der Waals surface area (Å²) in [6.45, 7) is 4.17. The highest BCUT2D eigenvalue weighted by Crippen LogP contribution is 2.18. The number of amides is 2. The van der Waals surface area contributed by atoms with Crippen LogP contribution in [0.5, 0.6) is 0 Å². The van der Waals surface area contributed by atoms with E-state index < -0.39 is 0 Å². The topological polar surface area (TPSA) is 82.2 Å². The number of rotatable bonds is 3. The first kappa shape index (κ1) is 14.7. The van der Waals surface area contributed by atoms with Crippen molar-refractivity contribution in [2.24, 2.45) is 0 Å². The van der Waals surface area contributed by atoms with Gasteiger partial charge in [-0.1, -0.05) is 6.92 Å². The zero-order chi connectivity index (χ0) is 15.5. The molecule has 0 atom stereocenters. The van der Waals surface area contributed by atoms with E-state index in [0.717, 1.165) is 12.0 Å². The third-order valence-electron chi connectivity index (χ3n) is 3.72. The number of aromatic amines is 1. The molecule has 2 amide bonds. The third kappa shape index (κ3) is 2.87. The molecule has 0 aromatic carbocycles. The van der Waals surface area contributed by atoms with E-state index in [0.29, 0.717) is 26.2 Å². The average Bonchev–Trinajstić information content (AvgIpc) is 3.25. The molecular formula is C14H17N5O2S. The summed E-state index contributed by atoms with van der Waals surface area (Å²) in [7, 11) is 0. The number of nitrogens with zero attached hydrogens (tertiary/aromatic N) is 4. The molecule has 116 valence electrons. The van der Waals surface area contributed by atoms with Gasteiger partial charge in [0.1, 0.15) is 6.33 Å². The van der Waals surface area contributed by atoms with Crippen LogP contribution in [0.2, 0.25) is 0 Å². The molecule has 2 aromatic rings. The molecule has 1 saturated heterocycles. The SMILES string of the molecule is CCc1cc(C(=O)N2CCN(C(=O)c3ncn[nH]3)CC2)cs1. The van der Waals surface area contributed by atoms with Gasteiger partial charge in [0.15, 0.2) is 0 Å². The van der Waals surface area contributed by atoms with E-state index in [-0.39, 0.29) is 17.6 Å². The molecule has 0 saturated carbocycles. The Bertz CT molecular complexity index is 659. The van der Waals surface area contributed by atoms with Crippen LogP contribution in [0.15, 0.2) is 17.8 Å². The van der Waals surface area contributed by atoms with Gasteiger partial charge in [-0.3, -0.25) is 14.7 Å². The molecule has 0 radical (unpaired) electrons. The lowest BCUT2D eigenvalue weighted by molar-refractivity contribution is 0.0529. The van der Waals surface area contributed by atoms with Crippen molar-refractivity contribution in [3.63, 3.8) is 0 Å². The van der Waals surface area contributed by atoms with Crippen molar-refractivity contribution < 1.29 is 9.59 Å². The largest absolute Gasteiger partial charge is 0.335 e. The van der Waals surface area contributed by atoms with Crippen molar-refractivity contribution in [3.05, 3.63) is 34.0 Å². The van der Waals surface area contributed by atoms with Crippen molar-refractivity contribution >= 4 is 23.2 Å². The molecule has 2 aromatic heterocycles. The van der Waals surface area contributed by atoms with E-state index in [1.165, 1.54) is 11.2 Å². The number of thiophene rings is 1. The van der Waals surface area contributed by atoms with Gasteiger partial charge in [0, 0.05) is 36.4 Å². The van der Waals surface area contributed by atoms with Crippen LogP contribution in [0, 0.1) is 0 Å². The molecule has 1 aliphatic heterocycles. The van der Waals surface area contributed by atoms with Gasteiger partial charge in [0.2, 0.25) is 5.82 Å². The first-order valence-corrected chi connectivity index (χ1v) is 8.08. The van der Waals surface area contributed by atoms with Crippen LogP contribution in [0.1, 0.15) is 32.8 Å². The fourth-order valence-corrected chi connectivity index (χ4v) is 3.24. The summed E-state index contributed by atoms with van der Waals surface area (Å²) in [5.74, 6) is 0.112. The van der Waals surface area contributed by atoms with Crippen LogP contribution < -0.4 is 0 Å². The Morgan fingerprint density at radius 1 is 1.23 bits per heavy atom. The van der Waals surface area contributed by atoms with E-state index in [1.807, 2.05) is 11.4 Å². The second-order valence-corrected chi connectivity index (χ2v) is 6.07. The number of aryl methyl sites for hydroxylation is 1. The Kier molecular flexibility index (Phi) is 4.19. The molecule has 3 heterocycles. The molecule has 0 aliphatic carbocycles. The fourth-order valence-electron chi connectivity index (χ4n) is 2.43. The maximum Gasteiger partial charge on any atom is 0.291 e. The van der Waals surface area contributed by atoms with Crippen molar-refractivity contribution in [3.8, 4) is 0 Å². The first-order chi connectivity index (χ1) is 10.7. The number of carbonyl (C=O) groups is 2. The minimum atomic E-state index is -0.173. The van der Waals surface area contributed by atoms with E-state index in [9.17, 15) is 9.59 Å². The second-order valence-electron chi connectivity index (χ2n) is 5.07. The Hall–Kier alpha value is -2.22. The van der Waals surface area contributed by atoms with Gasteiger partial charge in [-0.05, 0) is 12.5 Å². The second kappa shape index (κ2) is 6.27. The quantitative estimate of drug-likeness (QED) is 0.916. The number of aromatic nitrogens is 3. The number of H-pyrrole nitrogens is 1. The standard InChI is InChI=1S/C14H17N5O2S/c1-2-11-7-10(8-22-11)13(20)18-3-5-19(6-4-18)14(21)12-15-9-16-17-12/h7-9H,2-6H2,1H3,(H,15,16,17). The zero-order valence-corrected chi connectivity index (χ0v) is 13.1. The minimum absolute atomic E-state index is 0.0442. The van der Waals surface area contributed by atoms with Crippen LogP contribution in [0.3, 0.4) is 0 Å². The van der Waals surface area contributed by atoms with Crippen molar-refractivity contribution in [2.45, 2.75) is 13.3 Å². The van der Waals surface area contributed by atoms with Gasteiger partial charge in [0.25, 0.3) is 11.8 Å². The van der Waals surface area contributed by atoms with Gasteiger partial charge >= 0.3 is 0 Å². The molecule has 1 aliphatic rings. The molecule has 1 fully saturated rings. The van der Waals surface area contributed by atoms with E-state index in [2.05, 4.69) is 22.1 Å².